The summed E-state index contributed by atoms with van der Waals surface area (Å²) in [7, 11) is 0. The number of carbonyl (C=O) groups excluding carboxylic acids is 1. The number of hydrogen-bond donors (Lipinski definition) is 1. The fourth-order valence-electron chi connectivity index (χ4n) is 3.75. The van der Waals surface area contributed by atoms with Gasteiger partial charge in [-0.1, -0.05) is 16.8 Å². The van der Waals surface area contributed by atoms with Gasteiger partial charge in [0.15, 0.2) is 0 Å². The van der Waals surface area contributed by atoms with Gasteiger partial charge in [-0.2, -0.15) is 4.98 Å². The van der Waals surface area contributed by atoms with Crippen molar-refractivity contribution in [1.82, 2.24) is 25.0 Å². The third kappa shape index (κ3) is 4.41. The van der Waals surface area contributed by atoms with Gasteiger partial charge in [0.05, 0.1) is 22.7 Å². The van der Waals surface area contributed by atoms with Crippen LogP contribution in [-0.2, 0) is 16.1 Å². The van der Waals surface area contributed by atoms with E-state index in [2.05, 4.69) is 20.4 Å². The summed E-state index contributed by atoms with van der Waals surface area (Å²) in [4.78, 5) is 35.5. The number of ether oxygens (including phenoxy) is 1. The van der Waals surface area contributed by atoms with Gasteiger partial charge in [-0.05, 0) is 49.6 Å². The largest absolute Gasteiger partial charge is 0.376 e. The molecule has 1 saturated heterocycles. The van der Waals surface area contributed by atoms with E-state index in [-0.39, 0.29) is 24.1 Å². The molecule has 1 aromatic carbocycles. The zero-order valence-electron chi connectivity index (χ0n) is 17.7. The van der Waals surface area contributed by atoms with Crippen molar-refractivity contribution in [3.8, 4) is 22.2 Å². The molecule has 33 heavy (non-hydrogen) atoms. The number of thiophene rings is 1. The molecule has 4 aromatic rings. The fourth-order valence-corrected chi connectivity index (χ4v) is 4.94. The summed E-state index contributed by atoms with van der Waals surface area (Å²) in [5.74, 6) is 0.471. The Hall–Kier alpha value is -3.08. The number of nitrogens with zero attached hydrogens (tertiary/aromatic N) is 4. The van der Waals surface area contributed by atoms with Gasteiger partial charge >= 0.3 is 0 Å². The van der Waals surface area contributed by atoms with Crippen molar-refractivity contribution in [1.29, 1.82) is 0 Å². The van der Waals surface area contributed by atoms with Crippen LogP contribution < -0.4 is 10.9 Å². The van der Waals surface area contributed by atoms with Gasteiger partial charge in [0.1, 0.15) is 11.4 Å². The third-order valence-corrected chi connectivity index (χ3v) is 6.94. The van der Waals surface area contributed by atoms with E-state index in [1.165, 1.54) is 22.2 Å². The summed E-state index contributed by atoms with van der Waals surface area (Å²) in [5.41, 5.74) is 1.17. The maximum Gasteiger partial charge on any atom is 0.268 e. The van der Waals surface area contributed by atoms with Gasteiger partial charge < -0.3 is 14.6 Å². The molecule has 0 saturated carbocycles. The Bertz CT molecular complexity index is 1370. The minimum absolute atomic E-state index is 0.0418. The summed E-state index contributed by atoms with van der Waals surface area (Å²) in [6.45, 7) is 2.87. The number of benzene rings is 1. The Labute approximate surface area is 197 Å². The summed E-state index contributed by atoms with van der Waals surface area (Å²) in [5, 5.41) is 7.93. The van der Waals surface area contributed by atoms with Crippen LogP contribution in [0.4, 0.5) is 0 Å². The molecule has 1 aliphatic heterocycles. The van der Waals surface area contributed by atoms with Crippen molar-refractivity contribution in [2.24, 2.45) is 0 Å². The lowest BCUT2D eigenvalue weighted by Crippen LogP contribution is -2.36. The van der Waals surface area contributed by atoms with E-state index in [0.29, 0.717) is 43.9 Å². The van der Waals surface area contributed by atoms with Crippen LogP contribution in [0.1, 0.15) is 18.4 Å². The zero-order chi connectivity index (χ0) is 22.9. The second-order valence-corrected chi connectivity index (χ2v) is 9.22. The topological polar surface area (TPSA) is 112 Å². The Morgan fingerprint density at radius 1 is 1.33 bits per heavy atom. The van der Waals surface area contributed by atoms with Crippen molar-refractivity contribution < 1.29 is 14.1 Å². The van der Waals surface area contributed by atoms with E-state index >= 15 is 0 Å². The first-order valence-corrected chi connectivity index (χ1v) is 11.7. The Morgan fingerprint density at radius 3 is 2.91 bits per heavy atom. The normalized spacial score (nSPS) is 15.9. The quantitative estimate of drug-likeness (QED) is 0.445. The molecule has 1 fully saturated rings. The van der Waals surface area contributed by atoms with Crippen molar-refractivity contribution in [2.75, 3.05) is 13.2 Å². The fraction of sp³-hybridized carbons (Fsp3) is 0.318. The predicted molar refractivity (Wildman–Crippen MR) is 124 cm³/mol. The minimum atomic E-state index is -0.287. The predicted octanol–water partition coefficient (Wildman–Crippen LogP) is 3.43. The Kier molecular flexibility index (Phi) is 5.96. The zero-order valence-corrected chi connectivity index (χ0v) is 19.3. The van der Waals surface area contributed by atoms with Gasteiger partial charge in [-0.3, -0.25) is 14.2 Å². The highest BCUT2D eigenvalue weighted by atomic mass is 35.5. The number of amides is 1. The Morgan fingerprint density at radius 2 is 2.15 bits per heavy atom. The lowest BCUT2D eigenvalue weighted by molar-refractivity contribution is -0.122. The van der Waals surface area contributed by atoms with Gasteiger partial charge in [-0.15, -0.1) is 11.3 Å². The van der Waals surface area contributed by atoms with Crippen LogP contribution >= 0.6 is 22.9 Å². The van der Waals surface area contributed by atoms with E-state index < -0.39 is 0 Å². The molecule has 5 rings (SSSR count). The first-order chi connectivity index (χ1) is 16.0. The molecule has 170 valence electrons. The molecular weight excluding hydrogens is 466 g/mol. The molecule has 4 heterocycles. The highest BCUT2D eigenvalue weighted by molar-refractivity contribution is 7.22. The molecule has 9 nitrogen and oxygen atoms in total. The first-order valence-electron chi connectivity index (χ1n) is 10.5. The van der Waals surface area contributed by atoms with Crippen LogP contribution in [0.5, 0.6) is 0 Å². The average Bonchev–Trinajstić information content (AvgIpc) is 3.55. The molecule has 1 amide bonds. The highest BCUT2D eigenvalue weighted by Crippen LogP contribution is 2.35. The average molecular weight is 486 g/mol. The van der Waals surface area contributed by atoms with Crippen molar-refractivity contribution in [3.05, 3.63) is 51.5 Å². The molecule has 1 aliphatic rings. The molecule has 0 bridgehead atoms. The van der Waals surface area contributed by atoms with E-state index in [1.807, 2.05) is 6.92 Å². The minimum Gasteiger partial charge on any atom is -0.376 e. The molecule has 1 N–H and O–H groups in total. The summed E-state index contributed by atoms with van der Waals surface area (Å²) >= 11 is 7.24. The van der Waals surface area contributed by atoms with Crippen molar-refractivity contribution >= 4 is 39.1 Å². The number of carbonyl (C=O) groups is 1. The summed E-state index contributed by atoms with van der Waals surface area (Å²) in [6, 6.07) is 7.11. The van der Waals surface area contributed by atoms with Crippen LogP contribution in [0.3, 0.4) is 0 Å². The first kappa shape index (κ1) is 21.7. The van der Waals surface area contributed by atoms with Crippen LogP contribution in [0.25, 0.3) is 32.4 Å². The summed E-state index contributed by atoms with van der Waals surface area (Å²) < 4.78 is 12.3. The van der Waals surface area contributed by atoms with Crippen LogP contribution in [-0.4, -0.2) is 44.9 Å². The monoisotopic (exact) mass is 485 g/mol. The van der Waals surface area contributed by atoms with Crippen molar-refractivity contribution in [3.63, 3.8) is 0 Å². The maximum atomic E-state index is 13.1. The molecule has 0 aliphatic carbocycles. The van der Waals surface area contributed by atoms with E-state index in [1.54, 1.807) is 24.3 Å². The number of halogens is 1. The van der Waals surface area contributed by atoms with E-state index in [4.69, 9.17) is 20.9 Å². The molecule has 3 aromatic heterocycles. The van der Waals surface area contributed by atoms with Gasteiger partial charge in [0.2, 0.25) is 11.7 Å². The third-order valence-electron chi connectivity index (χ3n) is 5.50. The molecule has 11 heteroatoms. The second kappa shape index (κ2) is 9.05. The Balaban J connectivity index is 1.39. The smallest absolute Gasteiger partial charge is 0.268 e. The lowest BCUT2D eigenvalue weighted by atomic mass is 10.2. The maximum absolute atomic E-state index is 13.1. The van der Waals surface area contributed by atoms with Crippen molar-refractivity contribution in [2.45, 2.75) is 32.4 Å². The van der Waals surface area contributed by atoms with Crippen LogP contribution in [0, 0.1) is 6.92 Å². The molecule has 0 radical (unpaired) electrons. The van der Waals surface area contributed by atoms with E-state index in [0.717, 1.165) is 25.0 Å². The number of aryl methyl sites for hydroxylation is 1. The number of aromatic nitrogens is 4. The van der Waals surface area contributed by atoms with Gasteiger partial charge in [0.25, 0.3) is 11.4 Å². The van der Waals surface area contributed by atoms with Gasteiger partial charge in [-0.25, -0.2) is 4.98 Å². The second-order valence-electron chi connectivity index (χ2n) is 7.78. The molecule has 1 unspecified atom stereocenters. The molecule has 1 atom stereocenters. The van der Waals surface area contributed by atoms with Crippen LogP contribution in [0.15, 0.2) is 39.9 Å². The summed E-state index contributed by atoms with van der Waals surface area (Å²) in [6.07, 6.45) is 3.37. The number of hydrogen-bond acceptors (Lipinski definition) is 8. The molecular formula is C22H20ClN5O4S. The number of nitrogens with one attached hydrogen (secondary N) is 1. The van der Waals surface area contributed by atoms with E-state index in [9.17, 15) is 9.59 Å². The number of rotatable bonds is 6. The molecule has 0 spiro atoms. The lowest BCUT2D eigenvalue weighted by Gasteiger charge is -2.11. The highest BCUT2D eigenvalue weighted by Gasteiger charge is 2.21. The SMILES string of the molecule is Cc1c(-c2nc(-c3ccc(Cl)cc3)no2)sc2ncn(CC(=O)NCC3CCCO3)c(=O)c12. The van der Waals surface area contributed by atoms with Gasteiger partial charge in [0, 0.05) is 23.7 Å². The van der Waals surface area contributed by atoms with Crippen LogP contribution in [0.2, 0.25) is 5.02 Å². The number of fused-ring (bicyclic) bond motifs is 1. The standard InChI is InChI=1S/C22H20ClN5O4S/c1-12-17-21(25-11-28(22(17)30)10-16(29)24-9-15-3-2-8-31-15)33-18(12)20-26-19(27-32-20)13-4-6-14(23)7-5-13/h4-7,11,15H,2-3,8-10H2,1H3,(H,24,29).